The third kappa shape index (κ3) is 26.0. The van der Waals surface area contributed by atoms with Gasteiger partial charge in [-0.05, 0) is 127 Å². The van der Waals surface area contributed by atoms with E-state index in [0.717, 1.165) is 58.2 Å². The summed E-state index contributed by atoms with van der Waals surface area (Å²) in [4.78, 5) is 0. The minimum Gasteiger partial charge on any atom is -0.0623 e. The largest absolute Gasteiger partial charge is 0.0623 e. The molecule has 0 bridgehead atoms. The van der Waals surface area contributed by atoms with E-state index in [1.54, 1.807) is 0 Å². The Bertz CT molecular complexity index is 812. The molecule has 0 N–H and O–H groups in total. The molecule has 0 aromatic rings. The zero-order valence-electron chi connectivity index (χ0n) is 39.6. The summed E-state index contributed by atoms with van der Waals surface area (Å²) < 4.78 is 0. The highest BCUT2D eigenvalue weighted by atomic mass is 14.4. The topological polar surface area (TPSA) is 0 Å². The van der Waals surface area contributed by atoms with E-state index in [1.807, 2.05) is 0 Å². The SMILES string of the molecule is CC1(C)CC1.CC1(C)CCC1.CC1(C)CCCC1.CC1(C)CCCCC1.CC1CC1C.CC1CCC1C.CC1CCCC1C.CC1CCCCC1C. The molecule has 8 aliphatic rings. The van der Waals surface area contributed by atoms with Gasteiger partial charge in [0.15, 0.2) is 0 Å². The summed E-state index contributed by atoms with van der Waals surface area (Å²) in [6.45, 7) is 37.5. The quantitative estimate of drug-likeness (QED) is 0.233. The summed E-state index contributed by atoms with van der Waals surface area (Å²) >= 11 is 0. The van der Waals surface area contributed by atoms with E-state index < -0.39 is 0 Å². The normalized spacial score (nSPS) is 36.0. The van der Waals surface area contributed by atoms with E-state index in [0.29, 0.717) is 10.8 Å². The highest BCUT2D eigenvalue weighted by Gasteiger charge is 2.30. The molecule has 0 saturated heterocycles. The van der Waals surface area contributed by atoms with Crippen LogP contribution in [0.1, 0.15) is 265 Å². The van der Waals surface area contributed by atoms with Crippen LogP contribution in [-0.4, -0.2) is 0 Å². The lowest BCUT2D eigenvalue weighted by Crippen LogP contribution is -2.20. The van der Waals surface area contributed by atoms with Crippen LogP contribution in [0.4, 0.5) is 0 Å². The maximum atomic E-state index is 2.38. The molecule has 8 aliphatic carbocycles. The first-order chi connectivity index (χ1) is 24.0. The van der Waals surface area contributed by atoms with E-state index >= 15 is 0 Å². The first kappa shape index (κ1) is 50.0. The van der Waals surface area contributed by atoms with Crippen LogP contribution >= 0.6 is 0 Å². The molecule has 0 heterocycles. The molecule has 52 heavy (non-hydrogen) atoms. The van der Waals surface area contributed by atoms with E-state index in [9.17, 15) is 0 Å². The fraction of sp³-hybridized carbons (Fsp3) is 1.00. The number of hydrogen-bond donors (Lipinski definition) is 0. The Morgan fingerprint density at radius 2 is 0.442 bits per heavy atom. The van der Waals surface area contributed by atoms with Crippen LogP contribution in [0.2, 0.25) is 0 Å². The Kier molecular flexibility index (Phi) is 23.7. The van der Waals surface area contributed by atoms with Gasteiger partial charge in [0.05, 0.1) is 0 Å². The van der Waals surface area contributed by atoms with Gasteiger partial charge in [-0.25, -0.2) is 0 Å². The summed E-state index contributed by atoms with van der Waals surface area (Å²) in [5, 5.41) is 0. The van der Waals surface area contributed by atoms with Crippen molar-refractivity contribution in [3.05, 3.63) is 0 Å². The number of rotatable bonds is 0. The standard InChI is InChI=1S/2C8H16.2C7H14.2C6H12.2C5H10/c1-8(2)6-4-3-5-7-8;1-7-5-3-4-6-8(7)2;1-7(2)5-3-4-6-7;1-6-4-3-5-7(6)2;1-6(2)4-3-5-6;1-5-3-4-6(5)2;1-5(2)3-4-5;1-4-3-5(4)2/h3-7H2,1-2H3;7-8H,3-6H2,1-2H3;3-6H2,1-2H3;6-7H,3-5H2,1-2H3;3-5H2,1-2H3;5-6H,3-4H2,1-2H3;3-4H2,1-2H3;4-5H,3H2,1-2H3. The van der Waals surface area contributed by atoms with Gasteiger partial charge in [-0.1, -0.05) is 207 Å². The fourth-order valence-corrected chi connectivity index (χ4v) is 8.15. The average molecular weight is 729 g/mol. The van der Waals surface area contributed by atoms with E-state index in [1.165, 1.54) is 154 Å². The van der Waals surface area contributed by atoms with Crippen molar-refractivity contribution in [2.75, 3.05) is 0 Å². The van der Waals surface area contributed by atoms with Crippen LogP contribution in [-0.2, 0) is 0 Å². The van der Waals surface area contributed by atoms with Crippen molar-refractivity contribution in [2.45, 2.75) is 265 Å². The molecule has 0 aliphatic heterocycles. The summed E-state index contributed by atoms with van der Waals surface area (Å²) in [6.07, 6.45) is 35.2. The zero-order chi connectivity index (χ0) is 39.6. The zero-order valence-corrected chi connectivity index (χ0v) is 39.6. The maximum Gasteiger partial charge on any atom is -0.0354 e. The van der Waals surface area contributed by atoms with Crippen molar-refractivity contribution in [3.63, 3.8) is 0 Å². The van der Waals surface area contributed by atoms with Gasteiger partial charge in [0.25, 0.3) is 0 Å². The molecule has 8 atom stereocenters. The van der Waals surface area contributed by atoms with Crippen molar-refractivity contribution in [1.82, 2.24) is 0 Å². The molecule has 8 saturated carbocycles. The molecule has 8 rings (SSSR count). The van der Waals surface area contributed by atoms with Gasteiger partial charge >= 0.3 is 0 Å². The van der Waals surface area contributed by atoms with Gasteiger partial charge < -0.3 is 0 Å². The first-order valence-electron chi connectivity index (χ1n) is 24.0. The van der Waals surface area contributed by atoms with Crippen molar-refractivity contribution in [3.8, 4) is 0 Å². The Labute approximate surface area is 332 Å². The Morgan fingerprint density at radius 1 is 0.231 bits per heavy atom. The molecular formula is C52H104. The molecule has 0 aromatic carbocycles. The summed E-state index contributed by atoms with van der Waals surface area (Å²) in [7, 11) is 0. The monoisotopic (exact) mass is 729 g/mol. The molecule has 0 radical (unpaired) electrons. The molecule has 0 spiro atoms. The molecule has 312 valence electrons. The van der Waals surface area contributed by atoms with Gasteiger partial charge in [-0.15, -0.1) is 0 Å². The number of hydrogen-bond acceptors (Lipinski definition) is 0. The van der Waals surface area contributed by atoms with Crippen LogP contribution in [0.15, 0.2) is 0 Å². The summed E-state index contributed by atoms with van der Waals surface area (Å²) in [5.74, 6) is 8.20. The van der Waals surface area contributed by atoms with Gasteiger partial charge in [0.1, 0.15) is 0 Å². The lowest BCUT2D eigenvalue weighted by molar-refractivity contribution is 0.190. The van der Waals surface area contributed by atoms with Gasteiger partial charge in [-0.3, -0.25) is 0 Å². The minimum atomic E-state index is 0.679. The Morgan fingerprint density at radius 3 is 0.538 bits per heavy atom. The van der Waals surface area contributed by atoms with Crippen LogP contribution < -0.4 is 0 Å². The first-order valence-corrected chi connectivity index (χ1v) is 24.0. The van der Waals surface area contributed by atoms with Crippen LogP contribution in [0.3, 0.4) is 0 Å². The second kappa shape index (κ2) is 24.6. The van der Waals surface area contributed by atoms with Crippen molar-refractivity contribution >= 4 is 0 Å². The van der Waals surface area contributed by atoms with E-state index in [-0.39, 0.29) is 0 Å². The summed E-state index contributed by atoms with van der Waals surface area (Å²) in [6, 6.07) is 0. The third-order valence-electron chi connectivity index (χ3n) is 15.5. The molecule has 0 aromatic heterocycles. The highest BCUT2D eigenvalue weighted by molar-refractivity contribution is 4.82. The Hall–Kier alpha value is 0. The lowest BCUT2D eigenvalue weighted by atomic mass is 9.72. The smallest absolute Gasteiger partial charge is 0.0354 e. The Balaban J connectivity index is 0.000000299. The minimum absolute atomic E-state index is 0.679. The molecule has 8 fully saturated rings. The lowest BCUT2D eigenvalue weighted by Gasteiger charge is -2.33. The molecule has 0 nitrogen and oxygen atoms in total. The molecule has 0 amide bonds. The van der Waals surface area contributed by atoms with E-state index in [2.05, 4.69) is 111 Å². The average Bonchev–Trinajstić information content (AvgIpc) is 3.82. The predicted octanol–water partition coefficient (Wildman–Crippen LogP) is 18.6. The van der Waals surface area contributed by atoms with Crippen LogP contribution in [0.25, 0.3) is 0 Å². The van der Waals surface area contributed by atoms with Crippen molar-refractivity contribution in [2.24, 2.45) is 69.0 Å². The second-order valence-corrected chi connectivity index (χ2v) is 23.6. The van der Waals surface area contributed by atoms with Crippen LogP contribution in [0, 0.1) is 69.0 Å². The van der Waals surface area contributed by atoms with Gasteiger partial charge in [0, 0.05) is 0 Å². The van der Waals surface area contributed by atoms with Gasteiger partial charge in [-0.2, -0.15) is 0 Å². The fourth-order valence-electron chi connectivity index (χ4n) is 8.15. The summed E-state index contributed by atoms with van der Waals surface area (Å²) in [5.41, 5.74) is 2.85. The molecule has 8 unspecified atom stereocenters. The highest BCUT2D eigenvalue weighted by Crippen LogP contribution is 2.43. The molecule has 0 heteroatoms. The van der Waals surface area contributed by atoms with Crippen molar-refractivity contribution in [1.29, 1.82) is 0 Å². The third-order valence-corrected chi connectivity index (χ3v) is 15.5. The van der Waals surface area contributed by atoms with E-state index in [4.69, 9.17) is 0 Å². The van der Waals surface area contributed by atoms with Crippen molar-refractivity contribution < 1.29 is 0 Å². The predicted molar refractivity (Wildman–Crippen MR) is 239 cm³/mol. The van der Waals surface area contributed by atoms with Gasteiger partial charge in [0.2, 0.25) is 0 Å². The molecular weight excluding hydrogens is 625 g/mol. The van der Waals surface area contributed by atoms with Crippen LogP contribution in [0.5, 0.6) is 0 Å². The maximum absolute atomic E-state index is 2.38. The second-order valence-electron chi connectivity index (χ2n) is 23.6.